The fraction of sp³-hybridized carbons (Fsp3) is 0.400. The largest absolute Gasteiger partial charge is 0.508 e. The summed E-state index contributed by atoms with van der Waals surface area (Å²) >= 11 is 0. The molecule has 170 valence electrons. The van der Waals surface area contributed by atoms with Crippen molar-refractivity contribution in [1.29, 1.82) is 0 Å². The van der Waals surface area contributed by atoms with E-state index in [1.54, 1.807) is 12.1 Å². The molecule has 2 N–H and O–H groups in total. The first-order valence-electron chi connectivity index (χ1n) is 11.6. The van der Waals surface area contributed by atoms with Gasteiger partial charge in [0.25, 0.3) is 0 Å². The van der Waals surface area contributed by atoms with E-state index in [0.29, 0.717) is 23.3 Å². The predicted octanol–water partition coefficient (Wildman–Crippen LogP) is 8.00. The van der Waals surface area contributed by atoms with Crippen LogP contribution in [0.5, 0.6) is 11.5 Å². The fourth-order valence-electron chi connectivity index (χ4n) is 4.80. The van der Waals surface area contributed by atoms with Gasteiger partial charge in [0.1, 0.15) is 11.5 Å². The highest BCUT2D eigenvalue weighted by atomic mass is 16.3. The molecule has 0 unspecified atom stereocenters. The molecule has 0 fully saturated rings. The van der Waals surface area contributed by atoms with Crippen LogP contribution in [-0.2, 0) is 10.8 Å². The van der Waals surface area contributed by atoms with E-state index in [1.165, 1.54) is 33.4 Å². The van der Waals surface area contributed by atoms with E-state index in [9.17, 15) is 10.2 Å². The van der Waals surface area contributed by atoms with Gasteiger partial charge in [-0.3, -0.25) is 0 Å². The van der Waals surface area contributed by atoms with Crippen molar-refractivity contribution in [1.82, 2.24) is 0 Å². The summed E-state index contributed by atoms with van der Waals surface area (Å²) in [5.41, 5.74) is 6.92. The van der Waals surface area contributed by atoms with Crippen LogP contribution in [-0.4, -0.2) is 10.2 Å². The van der Waals surface area contributed by atoms with Crippen LogP contribution in [0.1, 0.15) is 101 Å². The van der Waals surface area contributed by atoms with Gasteiger partial charge in [-0.25, -0.2) is 0 Å². The molecular weight excluding hydrogens is 392 g/mol. The molecule has 0 aliphatic heterocycles. The molecule has 0 atom stereocenters. The zero-order chi connectivity index (χ0) is 23.8. The molecule has 0 spiro atoms. The summed E-state index contributed by atoms with van der Waals surface area (Å²) in [6, 6.07) is 20.4. The van der Waals surface area contributed by atoms with Gasteiger partial charge < -0.3 is 10.2 Å². The van der Waals surface area contributed by atoms with Gasteiger partial charge in [0.2, 0.25) is 0 Å². The Morgan fingerprint density at radius 1 is 0.562 bits per heavy atom. The van der Waals surface area contributed by atoms with E-state index in [1.807, 2.05) is 12.1 Å². The minimum Gasteiger partial charge on any atom is -0.508 e. The van der Waals surface area contributed by atoms with Crippen molar-refractivity contribution >= 4 is 0 Å². The molecule has 3 rings (SSSR count). The van der Waals surface area contributed by atoms with Gasteiger partial charge in [-0.15, -0.1) is 0 Å². The maximum Gasteiger partial charge on any atom is 0.115 e. The third-order valence-electron chi connectivity index (χ3n) is 6.97. The van der Waals surface area contributed by atoms with E-state index < -0.39 is 0 Å². The Morgan fingerprint density at radius 2 is 0.938 bits per heavy atom. The molecule has 0 aromatic heterocycles. The first kappa shape index (κ1) is 23.9. The Kier molecular flexibility index (Phi) is 6.47. The first-order valence-corrected chi connectivity index (χ1v) is 11.6. The number of aromatic hydroxyl groups is 2. The summed E-state index contributed by atoms with van der Waals surface area (Å²) in [7, 11) is 0. The standard InChI is InChI=1S/C30H38O2/c1-19(2)25-17-23(31)12-14-27(25)29(5,6)21-10-9-11-22(16-21)30(7,8)28-15-13-24(32)18-26(28)20(3)4/h9-20,31-32H,1-8H3. The Bertz CT molecular complexity index is 1020. The second-order valence-electron chi connectivity index (χ2n) is 10.7. The normalized spacial score (nSPS) is 12.6. The van der Waals surface area contributed by atoms with Gasteiger partial charge in [-0.05, 0) is 69.5 Å². The average Bonchev–Trinajstić information content (AvgIpc) is 2.73. The number of rotatable bonds is 6. The van der Waals surface area contributed by atoms with Gasteiger partial charge in [-0.2, -0.15) is 0 Å². The lowest BCUT2D eigenvalue weighted by Crippen LogP contribution is -2.25. The molecule has 3 aromatic carbocycles. The second-order valence-corrected chi connectivity index (χ2v) is 10.7. The van der Waals surface area contributed by atoms with Crippen LogP contribution in [0.15, 0.2) is 60.7 Å². The van der Waals surface area contributed by atoms with Gasteiger partial charge in [0.05, 0.1) is 0 Å². The van der Waals surface area contributed by atoms with E-state index >= 15 is 0 Å². The van der Waals surface area contributed by atoms with Crippen molar-refractivity contribution in [3.63, 3.8) is 0 Å². The van der Waals surface area contributed by atoms with Crippen molar-refractivity contribution in [2.75, 3.05) is 0 Å². The van der Waals surface area contributed by atoms with Gasteiger partial charge in [0, 0.05) is 10.8 Å². The maximum atomic E-state index is 10.1. The maximum absolute atomic E-state index is 10.1. The van der Waals surface area contributed by atoms with Crippen LogP contribution in [0.3, 0.4) is 0 Å². The molecular formula is C30H38O2. The SMILES string of the molecule is CC(C)c1cc(O)ccc1C(C)(C)c1cccc(C(C)(C)c2ccc(O)cc2C(C)C)c1. The van der Waals surface area contributed by atoms with Crippen LogP contribution in [0.2, 0.25) is 0 Å². The average molecular weight is 431 g/mol. The zero-order valence-corrected chi connectivity index (χ0v) is 20.8. The monoisotopic (exact) mass is 430 g/mol. The number of hydrogen-bond donors (Lipinski definition) is 2. The topological polar surface area (TPSA) is 40.5 Å². The lowest BCUT2D eigenvalue weighted by atomic mass is 9.70. The molecule has 2 nitrogen and oxygen atoms in total. The quantitative estimate of drug-likeness (QED) is 0.416. The Morgan fingerprint density at radius 3 is 1.28 bits per heavy atom. The van der Waals surface area contributed by atoms with Crippen LogP contribution in [0.25, 0.3) is 0 Å². The Hall–Kier alpha value is -2.74. The molecule has 0 heterocycles. The second kappa shape index (κ2) is 8.65. The molecule has 2 heteroatoms. The van der Waals surface area contributed by atoms with Crippen LogP contribution in [0.4, 0.5) is 0 Å². The van der Waals surface area contributed by atoms with Gasteiger partial charge >= 0.3 is 0 Å². The molecule has 0 aliphatic carbocycles. The summed E-state index contributed by atoms with van der Waals surface area (Å²) in [6.45, 7) is 17.7. The van der Waals surface area contributed by atoms with Crippen molar-refractivity contribution < 1.29 is 10.2 Å². The molecule has 0 saturated carbocycles. The first-order chi connectivity index (χ1) is 14.9. The van der Waals surface area contributed by atoms with Crippen molar-refractivity contribution in [3.05, 3.63) is 94.0 Å². The molecule has 0 aliphatic rings. The molecule has 0 bridgehead atoms. The summed E-state index contributed by atoms with van der Waals surface area (Å²) in [5.74, 6) is 1.27. The van der Waals surface area contributed by atoms with Crippen LogP contribution >= 0.6 is 0 Å². The smallest absolute Gasteiger partial charge is 0.115 e. The number of hydrogen-bond acceptors (Lipinski definition) is 2. The lowest BCUT2D eigenvalue weighted by molar-refractivity contribution is 0.472. The molecule has 3 aromatic rings. The lowest BCUT2D eigenvalue weighted by Gasteiger charge is -2.34. The van der Waals surface area contributed by atoms with E-state index in [-0.39, 0.29) is 10.8 Å². The van der Waals surface area contributed by atoms with Crippen LogP contribution in [0, 0.1) is 0 Å². The Balaban J connectivity index is 2.13. The highest BCUT2D eigenvalue weighted by molar-refractivity contribution is 5.51. The molecule has 0 radical (unpaired) electrons. The van der Waals surface area contributed by atoms with Crippen LogP contribution < -0.4 is 0 Å². The number of benzene rings is 3. The third kappa shape index (κ3) is 4.41. The van der Waals surface area contributed by atoms with E-state index in [2.05, 4.69) is 91.8 Å². The van der Waals surface area contributed by atoms with E-state index in [0.717, 1.165) is 0 Å². The zero-order valence-electron chi connectivity index (χ0n) is 20.8. The minimum atomic E-state index is -0.213. The molecule has 0 saturated heterocycles. The Labute approximate surface area is 194 Å². The number of phenols is 2. The van der Waals surface area contributed by atoms with Gasteiger partial charge in [-0.1, -0.05) is 91.8 Å². The van der Waals surface area contributed by atoms with Crippen molar-refractivity contribution in [3.8, 4) is 11.5 Å². The third-order valence-corrected chi connectivity index (χ3v) is 6.97. The summed E-state index contributed by atoms with van der Waals surface area (Å²) in [6.07, 6.45) is 0. The summed E-state index contributed by atoms with van der Waals surface area (Å²) in [5, 5.41) is 20.1. The summed E-state index contributed by atoms with van der Waals surface area (Å²) in [4.78, 5) is 0. The highest BCUT2D eigenvalue weighted by Crippen LogP contribution is 2.42. The van der Waals surface area contributed by atoms with Crippen molar-refractivity contribution in [2.24, 2.45) is 0 Å². The fourth-order valence-corrected chi connectivity index (χ4v) is 4.80. The predicted molar refractivity (Wildman–Crippen MR) is 135 cm³/mol. The van der Waals surface area contributed by atoms with E-state index in [4.69, 9.17) is 0 Å². The molecule has 0 amide bonds. The number of phenolic OH excluding ortho intramolecular Hbond substituents is 2. The molecule has 32 heavy (non-hydrogen) atoms. The highest BCUT2D eigenvalue weighted by Gasteiger charge is 2.31. The van der Waals surface area contributed by atoms with Gasteiger partial charge in [0.15, 0.2) is 0 Å². The minimum absolute atomic E-state index is 0.213. The van der Waals surface area contributed by atoms with Crippen molar-refractivity contribution in [2.45, 2.75) is 78.1 Å². The summed E-state index contributed by atoms with van der Waals surface area (Å²) < 4.78 is 0.